The van der Waals surface area contributed by atoms with Crippen molar-refractivity contribution in [2.45, 2.75) is 52.1 Å². The van der Waals surface area contributed by atoms with Gasteiger partial charge in [-0.1, -0.05) is 62.2 Å². The van der Waals surface area contributed by atoms with Crippen LogP contribution in [0.1, 0.15) is 48.2 Å². The number of anilines is 1. The normalized spacial score (nSPS) is 13.3. The van der Waals surface area contributed by atoms with Crippen molar-refractivity contribution in [3.63, 3.8) is 0 Å². The van der Waals surface area contributed by atoms with Gasteiger partial charge in [-0.15, -0.1) is 0 Å². The number of Topliss-reactive ketones (excluding diaryl/α,β-unsaturated/α-hetero) is 1. The number of imidazole rings is 1. The number of thiocarbonyl (C=S) groups is 1. The number of carbonyl (C=O) groups is 1. The second-order valence-corrected chi connectivity index (χ2v) is 12.0. The summed E-state index contributed by atoms with van der Waals surface area (Å²) in [5, 5.41) is 12.6. The molecule has 12 heteroatoms. The molecule has 0 spiro atoms. The van der Waals surface area contributed by atoms with Crippen molar-refractivity contribution < 1.29 is 18.0 Å². The van der Waals surface area contributed by atoms with E-state index < -0.39 is 23.8 Å². The Kier molecular flexibility index (Phi) is 11.6. The lowest BCUT2D eigenvalue weighted by molar-refractivity contribution is -0.137. The molecule has 0 aliphatic carbocycles. The van der Waals surface area contributed by atoms with Gasteiger partial charge in [-0.2, -0.15) is 18.4 Å². The van der Waals surface area contributed by atoms with E-state index in [0.717, 1.165) is 23.3 Å². The predicted molar refractivity (Wildman–Crippen MR) is 177 cm³/mol. The lowest BCUT2D eigenvalue weighted by Gasteiger charge is -2.38. The maximum atomic E-state index is 14.1. The third kappa shape index (κ3) is 8.94. The van der Waals surface area contributed by atoms with Gasteiger partial charge in [0.1, 0.15) is 5.78 Å². The van der Waals surface area contributed by atoms with Gasteiger partial charge >= 0.3 is 6.18 Å². The zero-order valence-electron chi connectivity index (χ0n) is 25.3. The SMILES string of the molecule is CC[C@H](C)[C@H](C(=O)Cc1cncn1Cc1ccc(C#N)cc1)C(N)N(Cc1cccc(Cl)c1)C(=S)Nc1cccc(C(F)(F)F)c1. The second kappa shape index (κ2) is 15.4. The quantitative estimate of drug-likeness (QED) is 0.120. The van der Waals surface area contributed by atoms with E-state index >= 15 is 0 Å². The number of nitriles is 1. The van der Waals surface area contributed by atoms with E-state index in [9.17, 15) is 18.0 Å². The van der Waals surface area contributed by atoms with E-state index in [1.807, 2.05) is 36.6 Å². The molecule has 0 radical (unpaired) electrons. The summed E-state index contributed by atoms with van der Waals surface area (Å²) in [6.07, 6.45) is -1.47. The Labute approximate surface area is 276 Å². The standard InChI is InChI=1S/C34H34ClF3N6OS/c1-3-22(2)31(30(45)16-29-18-41-21-43(29)19-24-12-10-23(17-39)11-13-24)32(40)44(20-25-6-4-8-27(35)14-25)33(46)42-28-9-5-7-26(15-28)34(36,37)38/h4-15,18,21-22,31-32H,3,16,19-20,40H2,1-2H3,(H,42,46)/t22-,31+,32?/m0/s1. The summed E-state index contributed by atoms with van der Waals surface area (Å²) in [5.74, 6) is -0.972. The minimum atomic E-state index is -4.53. The number of nitrogens with zero attached hydrogens (tertiary/aromatic N) is 4. The molecule has 0 aliphatic rings. The Morgan fingerprint density at radius 3 is 2.50 bits per heavy atom. The van der Waals surface area contributed by atoms with E-state index in [0.29, 0.717) is 29.2 Å². The maximum Gasteiger partial charge on any atom is 0.416 e. The zero-order valence-corrected chi connectivity index (χ0v) is 26.9. The van der Waals surface area contributed by atoms with Gasteiger partial charge in [0.25, 0.3) is 0 Å². The van der Waals surface area contributed by atoms with Gasteiger partial charge in [-0.3, -0.25) is 4.79 Å². The number of hydrogen-bond acceptors (Lipinski definition) is 5. The molecule has 0 bridgehead atoms. The molecule has 1 aromatic heterocycles. The van der Waals surface area contributed by atoms with Crippen LogP contribution in [-0.4, -0.2) is 31.5 Å². The number of hydrogen-bond donors (Lipinski definition) is 2. The van der Waals surface area contributed by atoms with Crippen LogP contribution in [0.5, 0.6) is 0 Å². The van der Waals surface area contributed by atoms with Crippen molar-refractivity contribution in [1.82, 2.24) is 14.5 Å². The summed E-state index contributed by atoms with van der Waals surface area (Å²) in [5.41, 5.74) is 9.18. The summed E-state index contributed by atoms with van der Waals surface area (Å²) in [7, 11) is 0. The van der Waals surface area contributed by atoms with Crippen LogP contribution in [0.25, 0.3) is 0 Å². The first-order chi connectivity index (χ1) is 21.9. The number of rotatable bonds is 12. The molecular formula is C34H34ClF3N6OS. The van der Waals surface area contributed by atoms with Crippen LogP contribution in [0.4, 0.5) is 18.9 Å². The minimum absolute atomic E-state index is 0.0534. The fourth-order valence-corrected chi connectivity index (χ4v) is 5.74. The number of halogens is 4. The largest absolute Gasteiger partial charge is 0.416 e. The lowest BCUT2D eigenvalue weighted by Crippen LogP contribution is -2.55. The number of alkyl halides is 3. The van der Waals surface area contributed by atoms with Crippen LogP contribution >= 0.6 is 23.8 Å². The third-order valence-corrected chi connectivity index (χ3v) is 8.46. The molecule has 46 heavy (non-hydrogen) atoms. The van der Waals surface area contributed by atoms with Gasteiger partial charge in [0, 0.05) is 42.1 Å². The van der Waals surface area contributed by atoms with E-state index in [-0.39, 0.29) is 35.5 Å². The van der Waals surface area contributed by atoms with E-state index in [1.165, 1.54) is 12.1 Å². The zero-order chi connectivity index (χ0) is 33.4. The molecule has 3 N–H and O–H groups in total. The molecule has 0 amide bonds. The average molecular weight is 667 g/mol. The van der Waals surface area contributed by atoms with Crippen LogP contribution in [0, 0.1) is 23.2 Å². The van der Waals surface area contributed by atoms with E-state index in [4.69, 9.17) is 34.8 Å². The number of carbonyl (C=O) groups excluding carboxylic acids is 1. The summed E-state index contributed by atoms with van der Waals surface area (Å²) >= 11 is 12.0. The Morgan fingerprint density at radius 1 is 1.13 bits per heavy atom. The van der Waals surface area contributed by atoms with Gasteiger partial charge < -0.3 is 20.5 Å². The molecule has 0 aliphatic heterocycles. The number of nitrogens with one attached hydrogen (secondary N) is 1. The molecule has 0 saturated carbocycles. The Bertz CT molecular complexity index is 1700. The number of aromatic nitrogens is 2. The lowest BCUT2D eigenvalue weighted by atomic mass is 9.83. The third-order valence-electron chi connectivity index (χ3n) is 7.89. The van der Waals surface area contributed by atoms with Gasteiger partial charge in [0.15, 0.2) is 5.11 Å². The van der Waals surface area contributed by atoms with Crippen LogP contribution in [0.2, 0.25) is 5.02 Å². The van der Waals surface area contributed by atoms with E-state index in [1.54, 1.807) is 47.8 Å². The van der Waals surface area contributed by atoms with Crippen LogP contribution < -0.4 is 11.1 Å². The molecule has 0 saturated heterocycles. The van der Waals surface area contributed by atoms with Crippen LogP contribution in [0.3, 0.4) is 0 Å². The first-order valence-electron chi connectivity index (χ1n) is 14.6. The van der Waals surface area contributed by atoms with Crippen molar-refractivity contribution in [2.24, 2.45) is 17.6 Å². The van der Waals surface area contributed by atoms with Crippen molar-refractivity contribution >= 4 is 40.4 Å². The first kappa shape index (κ1) is 34.6. The summed E-state index contributed by atoms with van der Waals surface area (Å²) < 4.78 is 42.1. The molecule has 4 aromatic rings. The average Bonchev–Trinajstić information content (AvgIpc) is 3.45. The van der Waals surface area contributed by atoms with Crippen molar-refractivity contribution in [2.75, 3.05) is 5.32 Å². The Morgan fingerprint density at radius 2 is 1.85 bits per heavy atom. The van der Waals surface area contributed by atoms with Gasteiger partial charge in [-0.25, -0.2) is 4.98 Å². The number of nitrogens with two attached hydrogens (primary N) is 1. The minimum Gasteiger partial charge on any atom is -0.333 e. The van der Waals surface area contributed by atoms with Crippen molar-refractivity contribution in [3.05, 3.63) is 118 Å². The number of benzene rings is 3. The number of ketones is 1. The topological polar surface area (TPSA) is 100.0 Å². The fraction of sp³-hybridized carbons (Fsp3) is 0.294. The van der Waals surface area contributed by atoms with Gasteiger partial charge in [0.05, 0.1) is 35.6 Å². The highest BCUT2D eigenvalue weighted by Crippen LogP contribution is 2.31. The maximum absolute atomic E-state index is 14.1. The van der Waals surface area contributed by atoms with Crippen molar-refractivity contribution in [3.8, 4) is 6.07 Å². The monoisotopic (exact) mass is 666 g/mol. The molecule has 1 heterocycles. The fourth-order valence-electron chi connectivity index (χ4n) is 5.22. The molecular weight excluding hydrogens is 633 g/mol. The molecule has 4 rings (SSSR count). The smallest absolute Gasteiger partial charge is 0.333 e. The summed E-state index contributed by atoms with van der Waals surface area (Å²) in [6, 6.07) is 21.1. The second-order valence-electron chi connectivity index (χ2n) is 11.1. The highest BCUT2D eigenvalue weighted by molar-refractivity contribution is 7.80. The molecule has 1 unspecified atom stereocenters. The van der Waals surface area contributed by atoms with E-state index in [2.05, 4.69) is 16.4 Å². The first-order valence-corrected chi connectivity index (χ1v) is 15.4. The Hall–Kier alpha value is -4.24. The Balaban J connectivity index is 1.62. The highest BCUT2D eigenvalue weighted by Gasteiger charge is 2.36. The predicted octanol–water partition coefficient (Wildman–Crippen LogP) is 7.43. The van der Waals surface area contributed by atoms with Crippen LogP contribution in [0.15, 0.2) is 85.3 Å². The molecule has 240 valence electrons. The molecule has 7 nitrogen and oxygen atoms in total. The van der Waals surface area contributed by atoms with Crippen molar-refractivity contribution in [1.29, 1.82) is 5.26 Å². The molecule has 3 atom stereocenters. The van der Waals surface area contributed by atoms with Crippen LogP contribution in [-0.2, 0) is 30.5 Å². The summed E-state index contributed by atoms with van der Waals surface area (Å²) in [4.78, 5) is 20.0. The highest BCUT2D eigenvalue weighted by atomic mass is 35.5. The summed E-state index contributed by atoms with van der Waals surface area (Å²) in [6.45, 7) is 4.52. The molecule has 3 aromatic carbocycles. The molecule has 0 fully saturated rings. The van der Waals surface area contributed by atoms with Gasteiger partial charge in [-0.05, 0) is 71.7 Å². The van der Waals surface area contributed by atoms with Gasteiger partial charge in [0.2, 0.25) is 0 Å².